The Morgan fingerprint density at radius 3 is 2.43 bits per heavy atom. The lowest BCUT2D eigenvalue weighted by Crippen LogP contribution is -2.23. The standard InChI is InChI=1S/C21H27ClN2O3S/c1-7-16(11-28-6)24-17-10-14(4)23-20(18(17)21(25)26-5)27-19-12(2)8-15(22)9-13(19)3/h8-10,16H,7,11H2,1-6H3,(H,23,24). The molecule has 1 unspecified atom stereocenters. The summed E-state index contributed by atoms with van der Waals surface area (Å²) in [5, 5.41) is 4.09. The second-order valence-electron chi connectivity index (χ2n) is 6.66. The minimum absolute atomic E-state index is 0.215. The maximum atomic E-state index is 12.6. The summed E-state index contributed by atoms with van der Waals surface area (Å²) in [7, 11) is 1.35. The number of rotatable bonds is 8. The van der Waals surface area contributed by atoms with Crippen LogP contribution in [0.1, 0.15) is 40.5 Å². The molecule has 1 N–H and O–H groups in total. The van der Waals surface area contributed by atoms with Gasteiger partial charge in [0.05, 0.1) is 12.8 Å². The first-order chi connectivity index (χ1) is 13.3. The molecule has 0 amide bonds. The number of benzene rings is 1. The first-order valence-corrected chi connectivity index (χ1v) is 10.9. The fourth-order valence-electron chi connectivity index (χ4n) is 2.97. The van der Waals surface area contributed by atoms with Crippen LogP contribution >= 0.6 is 23.4 Å². The lowest BCUT2D eigenvalue weighted by atomic mass is 10.1. The Bertz CT molecular complexity index is 835. The molecular formula is C21H27ClN2O3S. The van der Waals surface area contributed by atoms with Crippen LogP contribution in [-0.2, 0) is 4.74 Å². The third kappa shape index (κ3) is 5.32. The van der Waals surface area contributed by atoms with Gasteiger partial charge in [0.1, 0.15) is 11.3 Å². The molecule has 0 aliphatic heterocycles. The molecule has 0 fully saturated rings. The number of aromatic nitrogens is 1. The number of carbonyl (C=O) groups is 1. The number of anilines is 1. The van der Waals surface area contributed by atoms with Crippen LogP contribution in [0, 0.1) is 20.8 Å². The molecule has 0 bridgehead atoms. The molecule has 0 spiro atoms. The lowest BCUT2D eigenvalue weighted by Gasteiger charge is -2.21. The quantitative estimate of drug-likeness (QED) is 0.543. The number of carbonyl (C=O) groups excluding carboxylic acids is 1. The highest BCUT2D eigenvalue weighted by Gasteiger charge is 2.24. The molecule has 0 aliphatic rings. The normalized spacial score (nSPS) is 11.8. The number of hydrogen-bond acceptors (Lipinski definition) is 6. The van der Waals surface area contributed by atoms with Crippen LogP contribution in [0.2, 0.25) is 5.02 Å². The lowest BCUT2D eigenvalue weighted by molar-refractivity contribution is 0.0598. The maximum Gasteiger partial charge on any atom is 0.345 e. The number of pyridine rings is 1. The molecular weight excluding hydrogens is 396 g/mol. The fourth-order valence-corrected chi connectivity index (χ4v) is 4.02. The van der Waals surface area contributed by atoms with Crippen LogP contribution in [0.25, 0.3) is 0 Å². The summed E-state index contributed by atoms with van der Waals surface area (Å²) in [6.45, 7) is 7.80. The van der Waals surface area contributed by atoms with Gasteiger partial charge in [-0.25, -0.2) is 9.78 Å². The van der Waals surface area contributed by atoms with Crippen LogP contribution in [-0.4, -0.2) is 36.1 Å². The molecule has 7 heteroatoms. The van der Waals surface area contributed by atoms with Gasteiger partial charge < -0.3 is 14.8 Å². The van der Waals surface area contributed by atoms with Gasteiger partial charge in [0, 0.05) is 22.5 Å². The van der Waals surface area contributed by atoms with Gasteiger partial charge in [-0.2, -0.15) is 11.8 Å². The zero-order chi connectivity index (χ0) is 20.8. The molecule has 0 radical (unpaired) electrons. The van der Waals surface area contributed by atoms with E-state index in [1.807, 2.05) is 39.0 Å². The van der Waals surface area contributed by atoms with Gasteiger partial charge in [0.15, 0.2) is 0 Å². The first kappa shape index (κ1) is 22.4. The molecule has 2 aromatic rings. The fraction of sp³-hybridized carbons (Fsp3) is 0.429. The van der Waals surface area contributed by atoms with Crippen molar-refractivity contribution in [1.82, 2.24) is 4.98 Å². The van der Waals surface area contributed by atoms with E-state index in [4.69, 9.17) is 21.1 Å². The Morgan fingerprint density at radius 2 is 1.89 bits per heavy atom. The molecule has 2 rings (SSSR count). The number of ether oxygens (including phenoxy) is 2. The summed E-state index contributed by atoms with van der Waals surface area (Å²) < 4.78 is 11.2. The summed E-state index contributed by atoms with van der Waals surface area (Å²) in [6.07, 6.45) is 2.98. The maximum absolute atomic E-state index is 12.6. The van der Waals surface area contributed by atoms with E-state index >= 15 is 0 Å². The number of esters is 1. The average molecular weight is 423 g/mol. The van der Waals surface area contributed by atoms with Crippen molar-refractivity contribution in [3.8, 4) is 11.6 Å². The minimum Gasteiger partial charge on any atom is -0.465 e. The third-order valence-corrected chi connectivity index (χ3v) is 5.30. The third-order valence-electron chi connectivity index (χ3n) is 4.35. The zero-order valence-corrected chi connectivity index (χ0v) is 18.8. The molecule has 5 nitrogen and oxygen atoms in total. The van der Waals surface area contributed by atoms with Crippen LogP contribution in [0.15, 0.2) is 18.2 Å². The van der Waals surface area contributed by atoms with Gasteiger partial charge in [-0.05, 0) is 62.8 Å². The van der Waals surface area contributed by atoms with E-state index in [1.165, 1.54) is 7.11 Å². The van der Waals surface area contributed by atoms with E-state index in [1.54, 1.807) is 11.8 Å². The molecule has 0 aliphatic carbocycles. The van der Waals surface area contributed by atoms with Crippen molar-refractivity contribution in [1.29, 1.82) is 0 Å². The molecule has 1 heterocycles. The van der Waals surface area contributed by atoms with E-state index in [-0.39, 0.29) is 11.9 Å². The van der Waals surface area contributed by atoms with E-state index in [0.29, 0.717) is 22.0 Å². The summed E-state index contributed by atoms with van der Waals surface area (Å²) in [4.78, 5) is 17.1. The highest BCUT2D eigenvalue weighted by atomic mass is 35.5. The number of halogens is 1. The smallest absolute Gasteiger partial charge is 0.345 e. The van der Waals surface area contributed by atoms with Crippen LogP contribution in [0.4, 0.5) is 5.69 Å². The van der Waals surface area contributed by atoms with Crippen molar-refractivity contribution >= 4 is 35.0 Å². The van der Waals surface area contributed by atoms with Crippen LogP contribution < -0.4 is 10.1 Å². The average Bonchev–Trinajstić information content (AvgIpc) is 2.63. The van der Waals surface area contributed by atoms with E-state index in [0.717, 1.165) is 29.0 Å². The highest BCUT2D eigenvalue weighted by molar-refractivity contribution is 7.98. The van der Waals surface area contributed by atoms with Gasteiger partial charge in [-0.3, -0.25) is 0 Å². The van der Waals surface area contributed by atoms with Crippen molar-refractivity contribution < 1.29 is 14.3 Å². The monoisotopic (exact) mass is 422 g/mol. The van der Waals surface area contributed by atoms with Crippen molar-refractivity contribution in [3.63, 3.8) is 0 Å². The number of aryl methyl sites for hydroxylation is 3. The first-order valence-electron chi connectivity index (χ1n) is 9.10. The van der Waals surface area contributed by atoms with Crippen molar-refractivity contribution in [3.05, 3.63) is 45.6 Å². The Kier molecular flexibility index (Phi) is 8.01. The van der Waals surface area contributed by atoms with E-state index < -0.39 is 5.97 Å². The predicted molar refractivity (Wildman–Crippen MR) is 117 cm³/mol. The second kappa shape index (κ2) is 10.0. The number of thioether (sulfide) groups is 1. The Hall–Kier alpha value is -1.92. The van der Waals surface area contributed by atoms with Gasteiger partial charge in [-0.1, -0.05) is 18.5 Å². The predicted octanol–water partition coefficient (Wildman–Crippen LogP) is 5.79. The largest absolute Gasteiger partial charge is 0.465 e. The summed E-state index contributed by atoms with van der Waals surface area (Å²) in [5.74, 6) is 1.29. The second-order valence-corrected chi connectivity index (χ2v) is 8.01. The summed E-state index contributed by atoms with van der Waals surface area (Å²) in [5.41, 5.74) is 3.44. The molecule has 1 atom stereocenters. The molecule has 0 saturated heterocycles. The van der Waals surface area contributed by atoms with Crippen LogP contribution in [0.3, 0.4) is 0 Å². The number of methoxy groups -OCH3 is 1. The van der Waals surface area contributed by atoms with Crippen molar-refractivity contribution in [2.75, 3.05) is 24.4 Å². The van der Waals surface area contributed by atoms with Gasteiger partial charge in [-0.15, -0.1) is 0 Å². The SMILES string of the molecule is CCC(CSC)Nc1cc(C)nc(Oc2c(C)cc(Cl)cc2C)c1C(=O)OC. The van der Waals surface area contributed by atoms with Gasteiger partial charge in [0.2, 0.25) is 5.88 Å². The Balaban J connectivity index is 2.56. The summed E-state index contributed by atoms with van der Waals surface area (Å²) in [6, 6.07) is 5.71. The van der Waals surface area contributed by atoms with Gasteiger partial charge >= 0.3 is 5.97 Å². The topological polar surface area (TPSA) is 60.5 Å². The number of nitrogens with zero attached hydrogens (tertiary/aromatic N) is 1. The highest BCUT2D eigenvalue weighted by Crippen LogP contribution is 2.35. The van der Waals surface area contributed by atoms with Crippen molar-refractivity contribution in [2.45, 2.75) is 40.2 Å². The molecule has 152 valence electrons. The Labute approximate surface area is 176 Å². The van der Waals surface area contributed by atoms with Gasteiger partial charge in [0.25, 0.3) is 0 Å². The minimum atomic E-state index is -0.492. The number of hydrogen-bond donors (Lipinski definition) is 1. The summed E-state index contributed by atoms with van der Waals surface area (Å²) >= 11 is 7.88. The van der Waals surface area contributed by atoms with Crippen molar-refractivity contribution in [2.24, 2.45) is 0 Å². The van der Waals surface area contributed by atoms with Crippen LogP contribution in [0.5, 0.6) is 11.6 Å². The molecule has 0 saturated carbocycles. The van der Waals surface area contributed by atoms with E-state index in [2.05, 4.69) is 23.5 Å². The zero-order valence-electron chi connectivity index (χ0n) is 17.2. The molecule has 1 aromatic heterocycles. The molecule has 1 aromatic carbocycles. The number of nitrogens with one attached hydrogen (secondary N) is 1. The Morgan fingerprint density at radius 1 is 1.25 bits per heavy atom. The molecule has 28 heavy (non-hydrogen) atoms. The van der Waals surface area contributed by atoms with E-state index in [9.17, 15) is 4.79 Å².